The number of hydrogen-bond acceptors (Lipinski definition) is 4. The van der Waals surface area contributed by atoms with Crippen molar-refractivity contribution in [2.24, 2.45) is 0 Å². The Hall–Kier alpha value is -2.66. The second-order valence-electron chi connectivity index (χ2n) is 6.45. The van der Waals surface area contributed by atoms with E-state index in [1.807, 2.05) is 62.4 Å². The number of nitrogens with one attached hydrogen (secondary N) is 1. The van der Waals surface area contributed by atoms with E-state index in [0.29, 0.717) is 23.2 Å². The summed E-state index contributed by atoms with van der Waals surface area (Å²) >= 11 is 6.04. The maximum Gasteiger partial charge on any atom is 0.247 e. The smallest absolute Gasteiger partial charge is 0.247 e. The average molecular weight is 384 g/mol. The first-order valence-corrected chi connectivity index (χ1v) is 9.37. The first-order chi connectivity index (χ1) is 13.0. The molecule has 3 rings (SSSR count). The van der Waals surface area contributed by atoms with Gasteiger partial charge in [-0.15, -0.1) is 10.2 Å². The van der Waals surface area contributed by atoms with Crippen LogP contribution >= 0.6 is 11.6 Å². The van der Waals surface area contributed by atoms with Gasteiger partial charge in [0.1, 0.15) is 0 Å². The van der Waals surface area contributed by atoms with Crippen molar-refractivity contribution in [3.8, 4) is 11.5 Å². The van der Waals surface area contributed by atoms with Gasteiger partial charge in [0.15, 0.2) is 0 Å². The quantitative estimate of drug-likeness (QED) is 0.630. The maximum absolute atomic E-state index is 12.3. The number of nitrogens with zero attached hydrogens (tertiary/aromatic N) is 2. The highest BCUT2D eigenvalue weighted by molar-refractivity contribution is 6.30. The molecule has 1 atom stereocenters. The first kappa shape index (κ1) is 19.1. The van der Waals surface area contributed by atoms with Crippen LogP contribution in [0.25, 0.3) is 11.5 Å². The Morgan fingerprint density at radius 2 is 1.96 bits per heavy atom. The van der Waals surface area contributed by atoms with Crippen molar-refractivity contribution in [1.29, 1.82) is 0 Å². The molecule has 1 unspecified atom stereocenters. The molecular formula is C21H22ClN3O2. The summed E-state index contributed by atoms with van der Waals surface area (Å²) in [6.45, 7) is 4.05. The fourth-order valence-electron chi connectivity index (χ4n) is 2.80. The number of carbonyl (C=O) groups is 1. The van der Waals surface area contributed by atoms with Crippen molar-refractivity contribution in [2.45, 2.75) is 39.2 Å². The normalized spacial score (nSPS) is 12.0. The van der Waals surface area contributed by atoms with Crippen LogP contribution in [0.15, 0.2) is 52.9 Å². The van der Waals surface area contributed by atoms with Gasteiger partial charge in [0.05, 0.1) is 6.04 Å². The van der Waals surface area contributed by atoms with Gasteiger partial charge in [-0.25, -0.2) is 0 Å². The van der Waals surface area contributed by atoms with Crippen molar-refractivity contribution < 1.29 is 9.21 Å². The van der Waals surface area contributed by atoms with E-state index in [1.54, 1.807) is 0 Å². The van der Waals surface area contributed by atoms with Gasteiger partial charge in [0.25, 0.3) is 0 Å². The van der Waals surface area contributed by atoms with Crippen molar-refractivity contribution in [3.05, 3.63) is 70.6 Å². The molecular weight excluding hydrogens is 362 g/mol. The predicted octanol–water partition coefficient (Wildman–Crippen LogP) is 4.90. The Labute approximate surface area is 163 Å². The van der Waals surface area contributed by atoms with Crippen LogP contribution in [0.1, 0.15) is 42.8 Å². The van der Waals surface area contributed by atoms with Gasteiger partial charge in [0.2, 0.25) is 17.7 Å². The molecule has 1 heterocycles. The molecule has 0 aliphatic carbocycles. The van der Waals surface area contributed by atoms with Crippen LogP contribution in [0.5, 0.6) is 0 Å². The summed E-state index contributed by atoms with van der Waals surface area (Å²) in [4.78, 5) is 12.3. The monoisotopic (exact) mass is 383 g/mol. The van der Waals surface area contributed by atoms with Gasteiger partial charge in [-0.05, 0) is 43.2 Å². The van der Waals surface area contributed by atoms with Crippen molar-refractivity contribution in [2.75, 3.05) is 0 Å². The zero-order valence-corrected chi connectivity index (χ0v) is 16.2. The highest BCUT2D eigenvalue weighted by atomic mass is 35.5. The Bertz CT molecular complexity index is 906. The average Bonchev–Trinajstić information content (AvgIpc) is 3.14. The van der Waals surface area contributed by atoms with Crippen LogP contribution in [0.2, 0.25) is 5.02 Å². The molecule has 3 aromatic rings. The summed E-state index contributed by atoms with van der Waals surface area (Å²) in [5, 5.41) is 11.8. The lowest BCUT2D eigenvalue weighted by molar-refractivity contribution is -0.121. The van der Waals surface area contributed by atoms with E-state index >= 15 is 0 Å². The summed E-state index contributed by atoms with van der Waals surface area (Å²) in [7, 11) is 0. The first-order valence-electron chi connectivity index (χ1n) is 8.99. The van der Waals surface area contributed by atoms with Gasteiger partial charge >= 0.3 is 0 Å². The molecule has 0 radical (unpaired) electrons. The van der Waals surface area contributed by atoms with Crippen LogP contribution < -0.4 is 5.32 Å². The van der Waals surface area contributed by atoms with Crippen LogP contribution in [0, 0.1) is 6.92 Å². The molecule has 0 spiro atoms. The SMILES string of the molecule is CCC(NC(=O)CCc1nnc(-c2ccc(C)cc2)o1)c1cccc(Cl)c1. The Balaban J connectivity index is 1.56. The largest absolute Gasteiger partial charge is 0.421 e. The third-order valence-corrected chi connectivity index (χ3v) is 4.56. The van der Waals surface area contributed by atoms with Crippen LogP contribution in [0.4, 0.5) is 0 Å². The summed E-state index contributed by atoms with van der Waals surface area (Å²) in [5.41, 5.74) is 3.04. The lowest BCUT2D eigenvalue weighted by atomic mass is 10.0. The van der Waals surface area contributed by atoms with Gasteiger partial charge < -0.3 is 9.73 Å². The number of carbonyl (C=O) groups excluding carboxylic acids is 1. The van der Waals surface area contributed by atoms with E-state index in [4.69, 9.17) is 16.0 Å². The second-order valence-corrected chi connectivity index (χ2v) is 6.89. The Kier molecular flexibility index (Phi) is 6.24. The fourth-order valence-corrected chi connectivity index (χ4v) is 3.00. The number of aromatic nitrogens is 2. The van der Waals surface area contributed by atoms with E-state index in [9.17, 15) is 4.79 Å². The van der Waals surface area contributed by atoms with Crippen molar-refractivity contribution in [3.63, 3.8) is 0 Å². The maximum atomic E-state index is 12.3. The number of rotatable bonds is 7. The minimum atomic E-state index is -0.0676. The van der Waals surface area contributed by atoms with E-state index in [0.717, 1.165) is 17.5 Å². The molecule has 0 saturated heterocycles. The lowest BCUT2D eigenvalue weighted by Gasteiger charge is -2.17. The van der Waals surface area contributed by atoms with Crippen LogP contribution in [-0.4, -0.2) is 16.1 Å². The zero-order chi connectivity index (χ0) is 19.2. The fraction of sp³-hybridized carbons (Fsp3) is 0.286. The van der Waals surface area contributed by atoms with E-state index < -0.39 is 0 Å². The molecule has 0 aliphatic heterocycles. The summed E-state index contributed by atoms with van der Waals surface area (Å²) in [5.74, 6) is 0.865. The Morgan fingerprint density at radius 3 is 2.67 bits per heavy atom. The van der Waals surface area contributed by atoms with Gasteiger partial charge in [-0.3, -0.25) is 4.79 Å². The summed E-state index contributed by atoms with van der Waals surface area (Å²) < 4.78 is 5.67. The zero-order valence-electron chi connectivity index (χ0n) is 15.4. The predicted molar refractivity (Wildman–Crippen MR) is 105 cm³/mol. The molecule has 27 heavy (non-hydrogen) atoms. The highest BCUT2D eigenvalue weighted by Gasteiger charge is 2.15. The van der Waals surface area contributed by atoms with Crippen LogP contribution in [-0.2, 0) is 11.2 Å². The second kappa shape index (κ2) is 8.82. The van der Waals surface area contributed by atoms with Crippen molar-refractivity contribution in [1.82, 2.24) is 15.5 Å². The number of benzene rings is 2. The Morgan fingerprint density at radius 1 is 1.19 bits per heavy atom. The molecule has 0 bridgehead atoms. The third kappa shape index (κ3) is 5.17. The molecule has 5 nitrogen and oxygen atoms in total. The van der Waals surface area contributed by atoms with Crippen molar-refractivity contribution >= 4 is 17.5 Å². The minimum Gasteiger partial charge on any atom is -0.421 e. The molecule has 1 aromatic heterocycles. The van der Waals surface area contributed by atoms with Gasteiger partial charge in [-0.1, -0.05) is 48.4 Å². The molecule has 2 aromatic carbocycles. The highest BCUT2D eigenvalue weighted by Crippen LogP contribution is 2.21. The molecule has 6 heteroatoms. The molecule has 0 aliphatic rings. The number of halogens is 1. The summed E-state index contributed by atoms with van der Waals surface area (Å²) in [6, 6.07) is 15.3. The molecule has 1 amide bonds. The summed E-state index contributed by atoms with van der Waals surface area (Å²) in [6.07, 6.45) is 1.47. The standard InChI is InChI=1S/C21H22ClN3O2/c1-3-18(16-5-4-6-17(22)13-16)23-19(26)11-12-20-24-25-21(27-20)15-9-7-14(2)8-10-15/h4-10,13,18H,3,11-12H2,1-2H3,(H,23,26). The van der Waals surface area contributed by atoms with Gasteiger partial charge in [0, 0.05) is 23.4 Å². The number of amides is 1. The van der Waals surface area contributed by atoms with E-state index in [2.05, 4.69) is 15.5 Å². The minimum absolute atomic E-state index is 0.0584. The molecule has 0 saturated carbocycles. The third-order valence-electron chi connectivity index (χ3n) is 4.33. The van der Waals surface area contributed by atoms with E-state index in [-0.39, 0.29) is 18.4 Å². The molecule has 140 valence electrons. The number of aryl methyl sites for hydroxylation is 2. The molecule has 1 N–H and O–H groups in total. The van der Waals surface area contributed by atoms with Gasteiger partial charge in [-0.2, -0.15) is 0 Å². The van der Waals surface area contributed by atoms with Crippen LogP contribution in [0.3, 0.4) is 0 Å². The topological polar surface area (TPSA) is 68.0 Å². The lowest BCUT2D eigenvalue weighted by Crippen LogP contribution is -2.28. The number of hydrogen-bond donors (Lipinski definition) is 1. The van der Waals surface area contributed by atoms with E-state index in [1.165, 1.54) is 5.56 Å². The molecule has 0 fully saturated rings.